The molecule has 0 aliphatic rings. The van der Waals surface area contributed by atoms with E-state index in [1.54, 1.807) is 36.0 Å². The average Bonchev–Trinajstić information content (AvgIpc) is 2.54. The number of ether oxygens (including phenoxy) is 2. The fourth-order valence-electron chi connectivity index (χ4n) is 1.87. The Morgan fingerprint density at radius 1 is 1.05 bits per heavy atom. The van der Waals surface area contributed by atoms with Crippen molar-refractivity contribution in [2.24, 2.45) is 0 Å². The van der Waals surface area contributed by atoms with Gasteiger partial charge in [-0.3, -0.25) is 4.79 Å². The first-order chi connectivity index (χ1) is 10.2. The topological polar surface area (TPSA) is 35.5 Å². The van der Waals surface area contributed by atoms with Gasteiger partial charge in [-0.15, -0.1) is 11.8 Å². The van der Waals surface area contributed by atoms with Crippen LogP contribution in [-0.4, -0.2) is 25.3 Å². The summed E-state index contributed by atoms with van der Waals surface area (Å²) < 4.78 is 11.0. The molecule has 2 aromatic rings. The van der Waals surface area contributed by atoms with Crippen LogP contribution in [0.15, 0.2) is 53.4 Å². The van der Waals surface area contributed by atoms with Crippen LogP contribution in [-0.2, 0) is 0 Å². The van der Waals surface area contributed by atoms with Gasteiger partial charge in [0.15, 0.2) is 12.4 Å². The highest BCUT2D eigenvalue weighted by molar-refractivity contribution is 7.98. The molecule has 2 rings (SSSR count). The fraction of sp³-hybridized carbons (Fsp3) is 0.235. The van der Waals surface area contributed by atoms with Crippen molar-refractivity contribution in [2.75, 3.05) is 19.5 Å². The SMILES string of the molecule is CCOc1ccc(C(=O)COc2ccccc2SC)cc1. The Balaban J connectivity index is 1.98. The van der Waals surface area contributed by atoms with Gasteiger partial charge < -0.3 is 9.47 Å². The molecule has 110 valence electrons. The minimum absolute atomic E-state index is 0.0333. The first-order valence-electron chi connectivity index (χ1n) is 6.76. The van der Waals surface area contributed by atoms with Crippen LogP contribution in [0.5, 0.6) is 11.5 Å². The Morgan fingerprint density at radius 3 is 2.43 bits per heavy atom. The van der Waals surface area contributed by atoms with Gasteiger partial charge in [0.05, 0.1) is 6.61 Å². The Morgan fingerprint density at radius 2 is 1.76 bits per heavy atom. The summed E-state index contributed by atoms with van der Waals surface area (Å²) in [5.41, 5.74) is 0.625. The van der Waals surface area contributed by atoms with Gasteiger partial charge in [-0.25, -0.2) is 0 Å². The standard InChI is InChI=1S/C17H18O3S/c1-3-19-14-10-8-13(9-11-14)15(18)12-20-16-6-4-5-7-17(16)21-2/h4-11H,3,12H2,1-2H3. The highest BCUT2D eigenvalue weighted by Gasteiger charge is 2.09. The van der Waals surface area contributed by atoms with Crippen molar-refractivity contribution in [1.29, 1.82) is 0 Å². The van der Waals surface area contributed by atoms with Crippen molar-refractivity contribution >= 4 is 17.5 Å². The maximum Gasteiger partial charge on any atom is 0.200 e. The number of hydrogen-bond donors (Lipinski definition) is 0. The second-order valence-electron chi connectivity index (χ2n) is 4.32. The van der Waals surface area contributed by atoms with E-state index in [9.17, 15) is 4.79 Å². The van der Waals surface area contributed by atoms with Crippen LogP contribution in [0.25, 0.3) is 0 Å². The molecule has 2 aromatic carbocycles. The number of rotatable bonds is 7. The Bertz CT molecular complexity index is 593. The van der Waals surface area contributed by atoms with Crippen molar-refractivity contribution in [1.82, 2.24) is 0 Å². The highest BCUT2D eigenvalue weighted by atomic mass is 32.2. The quantitative estimate of drug-likeness (QED) is 0.570. The summed E-state index contributed by atoms with van der Waals surface area (Å²) >= 11 is 1.60. The average molecular weight is 302 g/mol. The van der Waals surface area contributed by atoms with Crippen LogP contribution in [0.4, 0.5) is 0 Å². The zero-order valence-corrected chi connectivity index (χ0v) is 13.0. The molecule has 0 unspecified atom stereocenters. The molecule has 0 bridgehead atoms. The largest absolute Gasteiger partial charge is 0.494 e. The number of benzene rings is 2. The Hall–Kier alpha value is -1.94. The second kappa shape index (κ2) is 7.74. The Kier molecular flexibility index (Phi) is 5.69. The lowest BCUT2D eigenvalue weighted by Gasteiger charge is -2.09. The van der Waals surface area contributed by atoms with Gasteiger partial charge in [0.25, 0.3) is 0 Å². The summed E-state index contributed by atoms with van der Waals surface area (Å²) in [5.74, 6) is 1.46. The molecule has 0 fully saturated rings. The molecule has 0 aromatic heterocycles. The maximum atomic E-state index is 12.1. The minimum atomic E-state index is -0.0473. The lowest BCUT2D eigenvalue weighted by molar-refractivity contribution is 0.0919. The number of carbonyl (C=O) groups is 1. The van der Waals surface area contributed by atoms with E-state index in [-0.39, 0.29) is 12.4 Å². The van der Waals surface area contributed by atoms with Gasteiger partial charge in [-0.1, -0.05) is 12.1 Å². The van der Waals surface area contributed by atoms with E-state index in [1.807, 2.05) is 37.4 Å². The molecule has 3 nitrogen and oxygen atoms in total. The number of hydrogen-bond acceptors (Lipinski definition) is 4. The second-order valence-corrected chi connectivity index (χ2v) is 5.17. The van der Waals surface area contributed by atoms with Crippen molar-refractivity contribution in [3.63, 3.8) is 0 Å². The summed E-state index contributed by atoms with van der Waals surface area (Å²) in [5, 5.41) is 0. The summed E-state index contributed by atoms with van der Waals surface area (Å²) in [4.78, 5) is 13.1. The number of Topliss-reactive ketones (excluding diaryl/α,β-unsaturated/α-hetero) is 1. The van der Waals surface area contributed by atoms with Crippen molar-refractivity contribution in [3.05, 3.63) is 54.1 Å². The van der Waals surface area contributed by atoms with E-state index in [0.29, 0.717) is 12.2 Å². The van der Waals surface area contributed by atoms with E-state index >= 15 is 0 Å². The number of para-hydroxylation sites is 1. The third-order valence-corrected chi connectivity index (χ3v) is 3.69. The zero-order valence-electron chi connectivity index (χ0n) is 12.2. The molecular weight excluding hydrogens is 284 g/mol. The fourth-order valence-corrected chi connectivity index (χ4v) is 2.41. The predicted molar refractivity (Wildman–Crippen MR) is 85.7 cm³/mol. The van der Waals surface area contributed by atoms with Gasteiger partial charge in [0.1, 0.15) is 11.5 Å². The highest BCUT2D eigenvalue weighted by Crippen LogP contribution is 2.27. The van der Waals surface area contributed by atoms with Gasteiger partial charge in [-0.2, -0.15) is 0 Å². The predicted octanol–water partition coefficient (Wildman–Crippen LogP) is 4.07. The molecule has 0 atom stereocenters. The zero-order chi connectivity index (χ0) is 15.1. The number of carbonyl (C=O) groups excluding carboxylic acids is 1. The van der Waals surface area contributed by atoms with Crippen LogP contribution in [0, 0.1) is 0 Å². The first-order valence-corrected chi connectivity index (χ1v) is 7.99. The van der Waals surface area contributed by atoms with Crippen LogP contribution in [0.2, 0.25) is 0 Å². The number of ketones is 1. The summed E-state index contributed by atoms with van der Waals surface area (Å²) in [7, 11) is 0. The molecule has 4 heteroatoms. The molecule has 0 aliphatic carbocycles. The van der Waals surface area contributed by atoms with E-state index in [4.69, 9.17) is 9.47 Å². The molecule has 0 amide bonds. The Labute approximate surface area is 129 Å². The molecular formula is C17H18O3S. The number of thioether (sulfide) groups is 1. The third kappa shape index (κ3) is 4.26. The van der Waals surface area contributed by atoms with Crippen LogP contribution in [0.3, 0.4) is 0 Å². The molecule has 21 heavy (non-hydrogen) atoms. The minimum Gasteiger partial charge on any atom is -0.494 e. The maximum absolute atomic E-state index is 12.1. The van der Waals surface area contributed by atoms with Gasteiger partial charge in [-0.05, 0) is 49.6 Å². The third-order valence-electron chi connectivity index (χ3n) is 2.92. The first kappa shape index (κ1) is 15.4. The van der Waals surface area contributed by atoms with Crippen LogP contribution < -0.4 is 9.47 Å². The smallest absolute Gasteiger partial charge is 0.200 e. The van der Waals surface area contributed by atoms with Gasteiger partial charge in [0.2, 0.25) is 0 Å². The van der Waals surface area contributed by atoms with Crippen molar-refractivity contribution < 1.29 is 14.3 Å². The van der Waals surface area contributed by atoms with Crippen LogP contribution >= 0.6 is 11.8 Å². The van der Waals surface area contributed by atoms with Crippen LogP contribution in [0.1, 0.15) is 17.3 Å². The van der Waals surface area contributed by atoms with Gasteiger partial charge in [0, 0.05) is 10.5 Å². The monoisotopic (exact) mass is 302 g/mol. The molecule has 0 radical (unpaired) electrons. The molecule has 0 aliphatic heterocycles. The van der Waals surface area contributed by atoms with E-state index in [2.05, 4.69) is 0 Å². The lowest BCUT2D eigenvalue weighted by atomic mass is 10.1. The molecule has 0 saturated heterocycles. The van der Waals surface area contributed by atoms with E-state index < -0.39 is 0 Å². The van der Waals surface area contributed by atoms with E-state index in [1.165, 1.54) is 0 Å². The summed E-state index contributed by atoms with van der Waals surface area (Å²) in [6.45, 7) is 2.57. The summed E-state index contributed by atoms with van der Waals surface area (Å²) in [6, 6.07) is 14.8. The molecule has 0 spiro atoms. The van der Waals surface area contributed by atoms with Crippen molar-refractivity contribution in [3.8, 4) is 11.5 Å². The lowest BCUT2D eigenvalue weighted by Crippen LogP contribution is -2.11. The normalized spacial score (nSPS) is 10.2. The molecule has 0 saturated carbocycles. The molecule has 0 N–H and O–H groups in total. The molecule has 0 heterocycles. The van der Waals surface area contributed by atoms with E-state index in [0.717, 1.165) is 16.4 Å². The summed E-state index contributed by atoms with van der Waals surface area (Å²) in [6.07, 6.45) is 1.98. The van der Waals surface area contributed by atoms with Gasteiger partial charge >= 0.3 is 0 Å². The van der Waals surface area contributed by atoms with Crippen molar-refractivity contribution in [2.45, 2.75) is 11.8 Å².